The normalized spacial score (nSPS) is 18.2. The molecule has 2 atom stereocenters. The van der Waals surface area contributed by atoms with E-state index in [-0.39, 0.29) is 12.2 Å². The second-order valence-corrected chi connectivity index (χ2v) is 28.6. The Kier molecular flexibility index (Phi) is 8.03. The number of hydrogen-bond donors (Lipinski definition) is 0. The van der Waals surface area contributed by atoms with Crippen LogP contribution >= 0.6 is 69.6 Å². The minimum Gasteiger partial charge on any atom is -0.405 e. The number of hydrogen-bond acceptors (Lipinski definition) is 2. The fraction of sp³-hybridized carbons (Fsp3) is 0.263. The summed E-state index contributed by atoms with van der Waals surface area (Å²) < 4.78 is 11.1. The standard InChI is InChI=1S/C38H32Cl6O2Si2/c1-47(2,37(39,40)41)45-33-19-29-27-15-23-11-7-6-10-22(23)14-26(27)18-32-34(46-48(3,4)38(42,43)44)20-30-28-16-24-12-8-5-9-21(24)13-25(28)17-31(33)35(30)36(29)32/h5-18,33-34H,19-20H2,1-4H3. The number of benzene rings is 6. The average Bonchev–Trinajstić information content (AvgIpc) is 3.00. The van der Waals surface area contributed by atoms with Gasteiger partial charge in [-0.05, 0) is 139 Å². The second-order valence-electron chi connectivity index (χ2n) is 14.1. The Morgan fingerprint density at radius 1 is 0.500 bits per heavy atom. The molecule has 0 fully saturated rings. The zero-order chi connectivity index (χ0) is 34.0. The van der Waals surface area contributed by atoms with E-state index in [2.05, 4.69) is 84.9 Å². The molecule has 246 valence electrons. The molecule has 0 bridgehead atoms. The summed E-state index contributed by atoms with van der Waals surface area (Å²) in [7, 11) is -5.70. The SMILES string of the molecule is C[Si](C)(OC1Cc2c3c(cc4cc5ccccc5cc24)C(O[Si](C)(C)C(Cl)(Cl)Cl)Cc2c-3c1cc1cc3ccccc3cc21)C(Cl)(Cl)Cl. The lowest BCUT2D eigenvalue weighted by molar-refractivity contribution is 0.186. The highest BCUT2D eigenvalue weighted by molar-refractivity contribution is 7.01. The molecular weight excluding hydrogens is 757 g/mol. The van der Waals surface area contributed by atoms with Crippen molar-refractivity contribution in [2.45, 2.75) is 58.1 Å². The lowest BCUT2D eigenvalue weighted by Crippen LogP contribution is -2.47. The molecule has 10 heteroatoms. The minimum atomic E-state index is -2.85. The lowest BCUT2D eigenvalue weighted by Gasteiger charge is -2.43. The highest BCUT2D eigenvalue weighted by Crippen LogP contribution is 2.56. The van der Waals surface area contributed by atoms with E-state index < -0.39 is 23.5 Å². The predicted molar refractivity (Wildman–Crippen MR) is 213 cm³/mol. The highest BCUT2D eigenvalue weighted by atomic mass is 35.6. The summed E-state index contributed by atoms with van der Waals surface area (Å²) in [5.74, 6) is 0. The van der Waals surface area contributed by atoms with Crippen LogP contribution in [0.5, 0.6) is 0 Å². The molecule has 0 N–H and O–H groups in total. The second kappa shape index (κ2) is 11.5. The zero-order valence-corrected chi connectivity index (χ0v) is 33.3. The van der Waals surface area contributed by atoms with Crippen LogP contribution < -0.4 is 0 Å². The summed E-state index contributed by atoms with van der Waals surface area (Å²) in [6, 6.07) is 30.7. The van der Waals surface area contributed by atoms with Gasteiger partial charge in [0.05, 0.1) is 12.2 Å². The molecule has 8 rings (SSSR count). The van der Waals surface area contributed by atoms with Crippen LogP contribution in [-0.4, -0.2) is 23.5 Å². The van der Waals surface area contributed by atoms with Crippen molar-refractivity contribution in [3.05, 3.63) is 107 Å². The number of alkyl halides is 6. The van der Waals surface area contributed by atoms with Crippen molar-refractivity contribution in [3.8, 4) is 11.1 Å². The van der Waals surface area contributed by atoms with Gasteiger partial charge < -0.3 is 8.85 Å². The smallest absolute Gasteiger partial charge is 0.242 e. The molecule has 2 aliphatic rings. The van der Waals surface area contributed by atoms with Gasteiger partial charge in [-0.3, -0.25) is 0 Å². The molecule has 2 unspecified atom stereocenters. The highest BCUT2D eigenvalue weighted by Gasteiger charge is 2.50. The van der Waals surface area contributed by atoms with Gasteiger partial charge in [0, 0.05) is 12.8 Å². The minimum absolute atomic E-state index is 0.311. The molecule has 2 nitrogen and oxygen atoms in total. The van der Waals surface area contributed by atoms with Crippen molar-refractivity contribution in [2.24, 2.45) is 0 Å². The largest absolute Gasteiger partial charge is 0.405 e. The monoisotopic (exact) mass is 786 g/mol. The van der Waals surface area contributed by atoms with Gasteiger partial charge in [-0.25, -0.2) is 0 Å². The van der Waals surface area contributed by atoms with Gasteiger partial charge in [0.2, 0.25) is 23.5 Å². The van der Waals surface area contributed by atoms with Crippen LogP contribution in [0.2, 0.25) is 26.2 Å². The number of halogens is 6. The molecule has 0 aromatic heterocycles. The first kappa shape index (κ1) is 33.6. The maximum absolute atomic E-state index is 7.04. The third-order valence-electron chi connectivity index (χ3n) is 10.3. The van der Waals surface area contributed by atoms with Crippen LogP contribution in [0.4, 0.5) is 0 Å². The van der Waals surface area contributed by atoms with Gasteiger partial charge in [-0.1, -0.05) is 118 Å². The topological polar surface area (TPSA) is 18.5 Å². The molecule has 0 spiro atoms. The third kappa shape index (κ3) is 5.42. The van der Waals surface area contributed by atoms with E-state index in [1.165, 1.54) is 54.6 Å². The molecule has 0 radical (unpaired) electrons. The van der Waals surface area contributed by atoms with Crippen molar-refractivity contribution in [3.63, 3.8) is 0 Å². The maximum Gasteiger partial charge on any atom is 0.242 e. The third-order valence-corrected chi connectivity index (χ3v) is 22.9. The van der Waals surface area contributed by atoms with Crippen LogP contribution in [0, 0.1) is 0 Å². The zero-order valence-electron chi connectivity index (χ0n) is 26.7. The first-order valence-electron chi connectivity index (χ1n) is 16.0. The molecule has 6 aromatic carbocycles. The van der Waals surface area contributed by atoms with Crippen molar-refractivity contribution < 1.29 is 8.85 Å². The lowest BCUT2D eigenvalue weighted by atomic mass is 9.70. The van der Waals surface area contributed by atoms with Gasteiger partial charge in [0.25, 0.3) is 0 Å². The quantitative estimate of drug-likeness (QED) is 0.101. The van der Waals surface area contributed by atoms with Crippen molar-refractivity contribution in [1.29, 1.82) is 0 Å². The fourth-order valence-corrected chi connectivity index (χ4v) is 10.5. The molecule has 48 heavy (non-hydrogen) atoms. The molecule has 0 saturated heterocycles. The van der Waals surface area contributed by atoms with Crippen LogP contribution in [0.3, 0.4) is 0 Å². The van der Waals surface area contributed by atoms with Crippen LogP contribution in [0.15, 0.2) is 84.9 Å². The van der Waals surface area contributed by atoms with E-state index in [0.29, 0.717) is 12.8 Å². The van der Waals surface area contributed by atoms with Crippen molar-refractivity contribution in [1.82, 2.24) is 0 Å². The van der Waals surface area contributed by atoms with E-state index in [0.717, 1.165) is 21.9 Å². The van der Waals surface area contributed by atoms with Gasteiger partial charge >= 0.3 is 0 Å². The van der Waals surface area contributed by atoms with E-state index in [1.807, 2.05) is 26.2 Å². The van der Waals surface area contributed by atoms with Gasteiger partial charge in [-0.2, -0.15) is 0 Å². The Labute approximate surface area is 312 Å². The van der Waals surface area contributed by atoms with Crippen molar-refractivity contribution in [2.75, 3.05) is 0 Å². The van der Waals surface area contributed by atoms with Crippen LogP contribution in [-0.2, 0) is 21.7 Å². The van der Waals surface area contributed by atoms with Crippen LogP contribution in [0.1, 0.15) is 34.5 Å². The molecule has 0 saturated carbocycles. The maximum atomic E-state index is 7.04. The molecule has 2 aliphatic carbocycles. The number of fused-ring (bicyclic) bond motifs is 6. The summed E-state index contributed by atoms with van der Waals surface area (Å²) in [5, 5.41) is 9.35. The molecule has 0 aliphatic heterocycles. The molecular formula is C38H32Cl6O2Si2. The van der Waals surface area contributed by atoms with Gasteiger partial charge in [0.15, 0.2) is 0 Å². The Morgan fingerprint density at radius 3 is 1.17 bits per heavy atom. The summed E-state index contributed by atoms with van der Waals surface area (Å²) in [6.45, 7) is 7.91. The van der Waals surface area contributed by atoms with E-state index in [9.17, 15) is 0 Å². The Bertz CT molecular complexity index is 2150. The molecule has 0 amide bonds. The van der Waals surface area contributed by atoms with E-state index in [4.69, 9.17) is 78.5 Å². The summed E-state index contributed by atoms with van der Waals surface area (Å²) >= 11 is 39.6. The number of rotatable bonds is 4. The average molecular weight is 790 g/mol. The Balaban J connectivity index is 1.48. The summed E-state index contributed by atoms with van der Waals surface area (Å²) in [4.78, 5) is 0. The predicted octanol–water partition coefficient (Wildman–Crippen LogP) is 13.4. The van der Waals surface area contributed by atoms with E-state index >= 15 is 0 Å². The first-order chi connectivity index (χ1) is 22.5. The Morgan fingerprint density at radius 2 is 0.833 bits per heavy atom. The van der Waals surface area contributed by atoms with Crippen molar-refractivity contribution >= 4 is 129 Å². The Hall–Kier alpha value is -1.55. The molecule has 0 heterocycles. The fourth-order valence-electron chi connectivity index (χ4n) is 7.54. The summed E-state index contributed by atoms with van der Waals surface area (Å²) in [5.41, 5.74) is 7.04. The van der Waals surface area contributed by atoms with E-state index in [1.54, 1.807) is 0 Å². The van der Waals surface area contributed by atoms with Gasteiger partial charge in [-0.15, -0.1) is 0 Å². The van der Waals surface area contributed by atoms with Crippen LogP contribution in [0.25, 0.3) is 54.2 Å². The summed E-state index contributed by atoms with van der Waals surface area (Å²) in [6.07, 6.45) is 0.625. The molecule has 6 aromatic rings. The van der Waals surface area contributed by atoms with Gasteiger partial charge in [0.1, 0.15) is 0 Å². The first-order valence-corrected chi connectivity index (χ1v) is 24.1.